The van der Waals surface area contributed by atoms with Crippen LogP contribution in [0.3, 0.4) is 0 Å². The first-order valence-corrected chi connectivity index (χ1v) is 10.4. The zero-order chi connectivity index (χ0) is 20.8. The van der Waals surface area contributed by atoms with E-state index in [9.17, 15) is 9.59 Å². The predicted molar refractivity (Wildman–Crippen MR) is 119 cm³/mol. The first-order valence-electron chi connectivity index (χ1n) is 9.61. The number of halogens is 1. The summed E-state index contributed by atoms with van der Waals surface area (Å²) in [6.45, 7) is 10.7. The standard InChI is InChI=1S/C20H29ClN4O2S/c1-13(2)11-18(26)23-20(28)22-15-5-6-17(16(21)12-15)24-7-9-25(10-8-24)19(27)14(3)4/h5-6,12-14H,7-11H2,1-4H3,(H2,22,23,26,28). The molecule has 0 spiro atoms. The Morgan fingerprint density at radius 2 is 1.79 bits per heavy atom. The number of rotatable bonds is 5. The summed E-state index contributed by atoms with van der Waals surface area (Å²) >= 11 is 11.7. The number of nitrogens with one attached hydrogen (secondary N) is 2. The van der Waals surface area contributed by atoms with Crippen LogP contribution in [0, 0.1) is 11.8 Å². The molecule has 1 heterocycles. The van der Waals surface area contributed by atoms with E-state index < -0.39 is 0 Å². The second-order valence-electron chi connectivity index (χ2n) is 7.73. The Bertz CT molecular complexity index is 731. The van der Waals surface area contributed by atoms with Crippen LogP contribution in [0.5, 0.6) is 0 Å². The van der Waals surface area contributed by atoms with Crippen LogP contribution in [0.15, 0.2) is 18.2 Å². The number of carbonyl (C=O) groups excluding carboxylic acids is 2. The molecule has 2 amide bonds. The smallest absolute Gasteiger partial charge is 0.226 e. The van der Waals surface area contributed by atoms with E-state index in [1.165, 1.54) is 0 Å². The van der Waals surface area contributed by atoms with Gasteiger partial charge < -0.3 is 20.4 Å². The summed E-state index contributed by atoms with van der Waals surface area (Å²) in [6, 6.07) is 5.61. The average molecular weight is 425 g/mol. The first-order chi connectivity index (χ1) is 13.2. The monoisotopic (exact) mass is 424 g/mol. The van der Waals surface area contributed by atoms with Crippen LogP contribution in [0.1, 0.15) is 34.1 Å². The van der Waals surface area contributed by atoms with Gasteiger partial charge in [-0.2, -0.15) is 0 Å². The summed E-state index contributed by atoms with van der Waals surface area (Å²) in [6.07, 6.45) is 0.423. The molecule has 0 unspecified atom stereocenters. The minimum Gasteiger partial charge on any atom is -0.367 e. The Balaban J connectivity index is 1.93. The largest absolute Gasteiger partial charge is 0.367 e. The highest BCUT2D eigenvalue weighted by Gasteiger charge is 2.24. The van der Waals surface area contributed by atoms with Crippen molar-refractivity contribution in [2.75, 3.05) is 36.4 Å². The van der Waals surface area contributed by atoms with Crippen LogP contribution in [-0.4, -0.2) is 48.0 Å². The van der Waals surface area contributed by atoms with Crippen molar-refractivity contribution in [2.24, 2.45) is 11.8 Å². The SMILES string of the molecule is CC(C)CC(=O)NC(=S)Nc1ccc(N2CCN(C(=O)C(C)C)CC2)c(Cl)c1. The number of amides is 2. The summed E-state index contributed by atoms with van der Waals surface area (Å²) in [5, 5.41) is 6.53. The fraction of sp³-hybridized carbons (Fsp3) is 0.550. The van der Waals surface area contributed by atoms with Crippen LogP contribution in [0.4, 0.5) is 11.4 Å². The van der Waals surface area contributed by atoms with Crippen molar-refractivity contribution in [1.29, 1.82) is 0 Å². The van der Waals surface area contributed by atoms with Gasteiger partial charge >= 0.3 is 0 Å². The molecule has 0 radical (unpaired) electrons. The number of hydrogen-bond acceptors (Lipinski definition) is 4. The number of nitrogens with zero attached hydrogens (tertiary/aromatic N) is 2. The molecule has 8 heteroatoms. The van der Waals surface area contributed by atoms with Gasteiger partial charge in [0.15, 0.2) is 5.11 Å². The van der Waals surface area contributed by atoms with Gasteiger partial charge in [0.25, 0.3) is 0 Å². The Hall–Kier alpha value is -1.86. The molecule has 1 fully saturated rings. The molecule has 2 N–H and O–H groups in total. The molecule has 0 atom stereocenters. The predicted octanol–water partition coefficient (Wildman–Crippen LogP) is 3.50. The third kappa shape index (κ3) is 6.34. The minimum absolute atomic E-state index is 0.0189. The molecule has 1 aromatic carbocycles. The number of benzene rings is 1. The number of anilines is 2. The first kappa shape index (κ1) is 22.4. The molecule has 1 saturated heterocycles. The van der Waals surface area contributed by atoms with Crippen LogP contribution in [-0.2, 0) is 9.59 Å². The molecule has 1 aliphatic heterocycles. The van der Waals surface area contributed by atoms with Gasteiger partial charge in [0, 0.05) is 44.2 Å². The fourth-order valence-electron chi connectivity index (χ4n) is 3.08. The molecule has 2 rings (SSSR count). The van der Waals surface area contributed by atoms with Gasteiger partial charge in [0.2, 0.25) is 11.8 Å². The molecule has 0 aliphatic carbocycles. The van der Waals surface area contributed by atoms with Gasteiger partial charge in [0.05, 0.1) is 10.7 Å². The Kier molecular flexibility index (Phi) is 8.07. The molecule has 28 heavy (non-hydrogen) atoms. The Morgan fingerprint density at radius 3 is 2.32 bits per heavy atom. The van der Waals surface area contributed by atoms with Gasteiger partial charge in [-0.25, -0.2) is 0 Å². The molecule has 1 aliphatic rings. The molecule has 1 aromatic rings. The summed E-state index contributed by atoms with van der Waals surface area (Å²) in [4.78, 5) is 28.0. The van der Waals surface area contributed by atoms with E-state index in [2.05, 4.69) is 15.5 Å². The van der Waals surface area contributed by atoms with Crippen LogP contribution >= 0.6 is 23.8 Å². The summed E-state index contributed by atoms with van der Waals surface area (Å²) < 4.78 is 0. The summed E-state index contributed by atoms with van der Waals surface area (Å²) in [5.41, 5.74) is 1.65. The molecule has 0 bridgehead atoms. The second kappa shape index (κ2) is 10.1. The van der Waals surface area contributed by atoms with E-state index in [1.54, 1.807) is 6.07 Å². The van der Waals surface area contributed by atoms with E-state index in [1.807, 2.05) is 44.7 Å². The van der Waals surface area contributed by atoms with Crippen molar-refractivity contribution < 1.29 is 9.59 Å². The van der Waals surface area contributed by atoms with Crippen molar-refractivity contribution in [2.45, 2.75) is 34.1 Å². The van der Waals surface area contributed by atoms with Crippen molar-refractivity contribution in [1.82, 2.24) is 10.2 Å². The average Bonchev–Trinajstić information content (AvgIpc) is 2.60. The topological polar surface area (TPSA) is 64.7 Å². The van der Waals surface area contributed by atoms with Gasteiger partial charge in [-0.15, -0.1) is 0 Å². The van der Waals surface area contributed by atoms with Gasteiger partial charge in [-0.3, -0.25) is 9.59 Å². The van der Waals surface area contributed by atoms with Gasteiger partial charge in [-0.05, 0) is 36.3 Å². The van der Waals surface area contributed by atoms with E-state index in [0.29, 0.717) is 24.5 Å². The lowest BCUT2D eigenvalue weighted by Gasteiger charge is -2.37. The molecular weight excluding hydrogens is 396 g/mol. The minimum atomic E-state index is -0.107. The number of thiocarbonyl (C=S) groups is 1. The van der Waals surface area contributed by atoms with Crippen molar-refractivity contribution in [3.63, 3.8) is 0 Å². The van der Waals surface area contributed by atoms with Crippen LogP contribution in [0.25, 0.3) is 0 Å². The highest BCUT2D eigenvalue weighted by atomic mass is 35.5. The van der Waals surface area contributed by atoms with E-state index in [0.717, 1.165) is 24.5 Å². The van der Waals surface area contributed by atoms with Crippen molar-refractivity contribution in [3.05, 3.63) is 23.2 Å². The van der Waals surface area contributed by atoms with Crippen molar-refractivity contribution >= 4 is 52.1 Å². The highest BCUT2D eigenvalue weighted by molar-refractivity contribution is 7.80. The summed E-state index contributed by atoms with van der Waals surface area (Å²) in [7, 11) is 0. The maximum Gasteiger partial charge on any atom is 0.226 e. The fourth-order valence-corrected chi connectivity index (χ4v) is 3.62. The molecular formula is C20H29ClN4O2S. The Labute approximate surface area is 177 Å². The van der Waals surface area contributed by atoms with Crippen molar-refractivity contribution in [3.8, 4) is 0 Å². The summed E-state index contributed by atoms with van der Waals surface area (Å²) in [5.74, 6) is 0.376. The lowest BCUT2D eigenvalue weighted by atomic mass is 10.1. The highest BCUT2D eigenvalue weighted by Crippen LogP contribution is 2.29. The molecule has 0 aromatic heterocycles. The zero-order valence-corrected chi connectivity index (χ0v) is 18.5. The second-order valence-corrected chi connectivity index (χ2v) is 8.55. The third-order valence-corrected chi connectivity index (χ3v) is 4.98. The number of piperazine rings is 1. The number of hydrogen-bond donors (Lipinski definition) is 2. The quantitative estimate of drug-likeness (QED) is 0.708. The van der Waals surface area contributed by atoms with Crippen LogP contribution < -0.4 is 15.5 Å². The molecule has 0 saturated carbocycles. The van der Waals surface area contributed by atoms with E-state index >= 15 is 0 Å². The normalized spacial score (nSPS) is 14.4. The number of carbonyl (C=O) groups is 2. The zero-order valence-electron chi connectivity index (χ0n) is 16.9. The lowest BCUT2D eigenvalue weighted by Crippen LogP contribution is -2.50. The molecule has 6 nitrogen and oxygen atoms in total. The van der Waals surface area contributed by atoms with Crippen LogP contribution in [0.2, 0.25) is 5.02 Å². The maximum atomic E-state index is 12.1. The Morgan fingerprint density at radius 1 is 1.14 bits per heavy atom. The molecule has 154 valence electrons. The third-order valence-electron chi connectivity index (χ3n) is 4.48. The lowest BCUT2D eigenvalue weighted by molar-refractivity contribution is -0.134. The van der Waals surface area contributed by atoms with E-state index in [-0.39, 0.29) is 28.8 Å². The maximum absolute atomic E-state index is 12.1. The van der Waals surface area contributed by atoms with Gasteiger partial charge in [0.1, 0.15) is 0 Å². The van der Waals surface area contributed by atoms with Gasteiger partial charge in [-0.1, -0.05) is 39.3 Å². The van der Waals surface area contributed by atoms with E-state index in [4.69, 9.17) is 23.8 Å².